The first kappa shape index (κ1) is 15.3. The molecule has 1 fully saturated rings. The SMILES string of the molecule is CC(C)(C)c1ccc(N2CCC(OCCO)CC2)cc1. The number of benzene rings is 1. The molecule has 1 aliphatic heterocycles. The van der Waals surface area contributed by atoms with Crippen molar-refractivity contribution in [2.24, 2.45) is 0 Å². The minimum absolute atomic E-state index is 0.120. The Labute approximate surface area is 122 Å². The van der Waals surface area contributed by atoms with Crippen LogP contribution >= 0.6 is 0 Å². The quantitative estimate of drug-likeness (QED) is 0.918. The summed E-state index contributed by atoms with van der Waals surface area (Å²) >= 11 is 0. The van der Waals surface area contributed by atoms with E-state index in [0.29, 0.717) is 12.7 Å². The summed E-state index contributed by atoms with van der Waals surface area (Å²) in [6.07, 6.45) is 2.40. The fourth-order valence-electron chi connectivity index (χ4n) is 2.67. The lowest BCUT2D eigenvalue weighted by molar-refractivity contribution is 0.0159. The second-order valence-electron chi connectivity index (χ2n) is 6.58. The van der Waals surface area contributed by atoms with E-state index in [4.69, 9.17) is 9.84 Å². The van der Waals surface area contributed by atoms with E-state index in [-0.39, 0.29) is 12.0 Å². The van der Waals surface area contributed by atoms with E-state index in [1.807, 2.05) is 0 Å². The normalized spacial score (nSPS) is 17.5. The molecule has 0 aliphatic carbocycles. The Bertz CT molecular complexity index is 400. The molecule has 2 rings (SSSR count). The number of piperidine rings is 1. The molecule has 1 aromatic carbocycles. The van der Waals surface area contributed by atoms with Crippen LogP contribution in [0.4, 0.5) is 5.69 Å². The molecule has 0 saturated carbocycles. The van der Waals surface area contributed by atoms with Gasteiger partial charge in [-0.15, -0.1) is 0 Å². The minimum atomic E-state index is 0.120. The Morgan fingerprint density at radius 2 is 1.75 bits per heavy atom. The van der Waals surface area contributed by atoms with Crippen molar-refractivity contribution in [2.75, 3.05) is 31.2 Å². The highest BCUT2D eigenvalue weighted by atomic mass is 16.5. The van der Waals surface area contributed by atoms with Gasteiger partial charge in [0, 0.05) is 18.8 Å². The summed E-state index contributed by atoms with van der Waals surface area (Å²) in [5, 5.41) is 8.78. The number of ether oxygens (including phenoxy) is 1. The van der Waals surface area contributed by atoms with Crippen LogP contribution in [0.3, 0.4) is 0 Å². The predicted molar refractivity (Wildman–Crippen MR) is 83.4 cm³/mol. The molecule has 20 heavy (non-hydrogen) atoms. The maximum Gasteiger partial charge on any atom is 0.0701 e. The predicted octanol–water partition coefficient (Wildman–Crippen LogP) is 2.96. The zero-order valence-electron chi connectivity index (χ0n) is 12.9. The highest BCUT2D eigenvalue weighted by molar-refractivity contribution is 5.48. The number of aliphatic hydroxyl groups excluding tert-OH is 1. The summed E-state index contributed by atoms with van der Waals surface area (Å²) in [5.74, 6) is 0. The van der Waals surface area contributed by atoms with Crippen molar-refractivity contribution in [1.82, 2.24) is 0 Å². The van der Waals surface area contributed by atoms with Gasteiger partial charge in [-0.2, -0.15) is 0 Å². The summed E-state index contributed by atoms with van der Waals surface area (Å²) in [4.78, 5) is 2.42. The number of rotatable bonds is 4. The third-order valence-electron chi connectivity index (χ3n) is 3.99. The molecule has 1 N–H and O–H groups in total. The van der Waals surface area contributed by atoms with E-state index in [9.17, 15) is 0 Å². The highest BCUT2D eigenvalue weighted by Gasteiger charge is 2.20. The van der Waals surface area contributed by atoms with Gasteiger partial charge in [-0.1, -0.05) is 32.9 Å². The highest BCUT2D eigenvalue weighted by Crippen LogP contribution is 2.26. The van der Waals surface area contributed by atoms with Crippen LogP contribution in [0.5, 0.6) is 0 Å². The molecule has 1 aliphatic rings. The average molecular weight is 277 g/mol. The van der Waals surface area contributed by atoms with Gasteiger partial charge in [-0.05, 0) is 36.0 Å². The Morgan fingerprint density at radius 1 is 1.15 bits per heavy atom. The van der Waals surface area contributed by atoms with Crippen LogP contribution in [0.2, 0.25) is 0 Å². The Balaban J connectivity index is 1.90. The van der Waals surface area contributed by atoms with Gasteiger partial charge in [0.2, 0.25) is 0 Å². The van der Waals surface area contributed by atoms with Crippen molar-refractivity contribution in [3.05, 3.63) is 29.8 Å². The van der Waals surface area contributed by atoms with Gasteiger partial charge in [0.25, 0.3) is 0 Å². The van der Waals surface area contributed by atoms with Crippen LogP contribution in [-0.2, 0) is 10.2 Å². The van der Waals surface area contributed by atoms with Gasteiger partial charge < -0.3 is 14.7 Å². The molecule has 0 aromatic heterocycles. The standard InChI is InChI=1S/C17H27NO2/c1-17(2,3)14-4-6-15(7-5-14)18-10-8-16(9-11-18)20-13-12-19/h4-7,16,19H,8-13H2,1-3H3. The summed E-state index contributed by atoms with van der Waals surface area (Å²) in [6, 6.07) is 8.94. The lowest BCUT2D eigenvalue weighted by Crippen LogP contribution is -2.37. The Kier molecular flexibility index (Phi) is 5.06. The molecule has 1 aromatic rings. The minimum Gasteiger partial charge on any atom is -0.394 e. The molecule has 0 atom stereocenters. The summed E-state index contributed by atoms with van der Waals surface area (Å²) in [7, 11) is 0. The molecule has 3 nitrogen and oxygen atoms in total. The van der Waals surface area contributed by atoms with Gasteiger partial charge in [-0.3, -0.25) is 0 Å². The maximum atomic E-state index is 8.78. The fraction of sp³-hybridized carbons (Fsp3) is 0.647. The van der Waals surface area contributed by atoms with Crippen molar-refractivity contribution in [3.63, 3.8) is 0 Å². The van der Waals surface area contributed by atoms with Gasteiger partial charge in [-0.25, -0.2) is 0 Å². The van der Waals surface area contributed by atoms with Crippen molar-refractivity contribution >= 4 is 5.69 Å². The van der Waals surface area contributed by atoms with Gasteiger partial charge in [0.1, 0.15) is 0 Å². The zero-order chi connectivity index (χ0) is 14.6. The van der Waals surface area contributed by atoms with Crippen LogP contribution in [0.1, 0.15) is 39.2 Å². The first-order chi connectivity index (χ1) is 9.50. The van der Waals surface area contributed by atoms with Crippen LogP contribution in [0, 0.1) is 0 Å². The van der Waals surface area contributed by atoms with Crippen LogP contribution in [-0.4, -0.2) is 37.5 Å². The molecule has 1 heterocycles. The monoisotopic (exact) mass is 277 g/mol. The molecule has 0 bridgehead atoms. The lowest BCUT2D eigenvalue weighted by Gasteiger charge is -2.33. The number of anilines is 1. The van der Waals surface area contributed by atoms with Crippen LogP contribution in [0.25, 0.3) is 0 Å². The molecule has 0 amide bonds. The Hall–Kier alpha value is -1.06. The average Bonchev–Trinajstić information content (AvgIpc) is 2.45. The molecule has 3 heteroatoms. The van der Waals surface area contributed by atoms with Crippen molar-refractivity contribution in [1.29, 1.82) is 0 Å². The molecule has 0 unspecified atom stereocenters. The summed E-state index contributed by atoms with van der Waals surface area (Å²) in [5.41, 5.74) is 2.89. The number of hydrogen-bond donors (Lipinski definition) is 1. The van der Waals surface area contributed by atoms with Crippen molar-refractivity contribution in [3.8, 4) is 0 Å². The van der Waals surface area contributed by atoms with E-state index < -0.39 is 0 Å². The van der Waals surface area contributed by atoms with Gasteiger partial charge in [0.05, 0.1) is 19.3 Å². The van der Waals surface area contributed by atoms with Gasteiger partial charge in [0.15, 0.2) is 0 Å². The topological polar surface area (TPSA) is 32.7 Å². The molecular formula is C17H27NO2. The zero-order valence-corrected chi connectivity index (χ0v) is 12.9. The van der Waals surface area contributed by atoms with Crippen molar-refractivity contribution in [2.45, 2.75) is 45.1 Å². The van der Waals surface area contributed by atoms with Crippen LogP contribution < -0.4 is 4.90 Å². The molecule has 112 valence electrons. The van der Waals surface area contributed by atoms with E-state index in [1.54, 1.807) is 0 Å². The van der Waals surface area contributed by atoms with E-state index in [1.165, 1.54) is 11.3 Å². The van der Waals surface area contributed by atoms with E-state index >= 15 is 0 Å². The second kappa shape index (κ2) is 6.59. The third kappa shape index (κ3) is 3.97. The van der Waals surface area contributed by atoms with Gasteiger partial charge >= 0.3 is 0 Å². The van der Waals surface area contributed by atoms with Crippen LogP contribution in [0.15, 0.2) is 24.3 Å². The van der Waals surface area contributed by atoms with E-state index in [0.717, 1.165) is 25.9 Å². The largest absolute Gasteiger partial charge is 0.394 e. The fourth-order valence-corrected chi connectivity index (χ4v) is 2.67. The second-order valence-corrected chi connectivity index (χ2v) is 6.58. The summed E-state index contributed by atoms with van der Waals surface area (Å²) < 4.78 is 5.60. The number of hydrogen-bond acceptors (Lipinski definition) is 3. The molecular weight excluding hydrogens is 250 g/mol. The van der Waals surface area contributed by atoms with E-state index in [2.05, 4.69) is 49.9 Å². The smallest absolute Gasteiger partial charge is 0.0701 e. The third-order valence-corrected chi connectivity index (χ3v) is 3.99. The number of nitrogens with zero attached hydrogens (tertiary/aromatic N) is 1. The maximum absolute atomic E-state index is 8.78. The first-order valence-corrected chi connectivity index (χ1v) is 7.58. The summed E-state index contributed by atoms with van der Waals surface area (Å²) in [6.45, 7) is 9.37. The molecule has 1 saturated heterocycles. The molecule has 0 radical (unpaired) electrons. The lowest BCUT2D eigenvalue weighted by atomic mass is 9.87. The number of aliphatic hydroxyl groups is 1. The first-order valence-electron chi connectivity index (χ1n) is 7.58. The molecule has 0 spiro atoms. The Morgan fingerprint density at radius 3 is 2.25 bits per heavy atom. The van der Waals surface area contributed by atoms with Crippen molar-refractivity contribution < 1.29 is 9.84 Å².